The topological polar surface area (TPSA) is 59.1 Å². The van der Waals surface area contributed by atoms with Gasteiger partial charge in [-0.1, -0.05) is 48.0 Å². The van der Waals surface area contributed by atoms with E-state index < -0.39 is 0 Å². The Bertz CT molecular complexity index is 990. The van der Waals surface area contributed by atoms with E-state index in [9.17, 15) is 9.59 Å². The lowest BCUT2D eigenvalue weighted by molar-refractivity contribution is 0.0930. The molecule has 0 fully saturated rings. The van der Waals surface area contributed by atoms with Gasteiger partial charge >= 0.3 is 0 Å². The number of nitrogens with one attached hydrogen (secondary N) is 1. The maximum absolute atomic E-state index is 12.9. The first kappa shape index (κ1) is 19.0. The SMILES string of the molecule is Cc1ccc(C(=O)c2ccccc2C(=O)N[C@H](C)c2sc(C)nc2C)cc1. The van der Waals surface area contributed by atoms with E-state index in [0.29, 0.717) is 16.7 Å². The number of thiazole rings is 1. The Labute approximate surface area is 163 Å². The van der Waals surface area contributed by atoms with E-state index in [4.69, 9.17) is 0 Å². The van der Waals surface area contributed by atoms with Gasteiger partial charge < -0.3 is 5.32 Å². The van der Waals surface area contributed by atoms with Gasteiger partial charge in [0.25, 0.3) is 5.91 Å². The Morgan fingerprint density at radius 1 is 0.963 bits per heavy atom. The maximum atomic E-state index is 12.9. The monoisotopic (exact) mass is 378 g/mol. The van der Waals surface area contributed by atoms with Gasteiger partial charge in [-0.2, -0.15) is 0 Å². The maximum Gasteiger partial charge on any atom is 0.252 e. The molecule has 27 heavy (non-hydrogen) atoms. The number of amides is 1. The lowest BCUT2D eigenvalue weighted by atomic mass is 9.97. The summed E-state index contributed by atoms with van der Waals surface area (Å²) in [6, 6.07) is 14.1. The Balaban J connectivity index is 1.86. The molecule has 4 nitrogen and oxygen atoms in total. The molecule has 0 aliphatic heterocycles. The predicted molar refractivity (Wildman–Crippen MR) is 109 cm³/mol. The molecule has 0 saturated carbocycles. The third-order valence-electron chi connectivity index (χ3n) is 4.41. The molecule has 0 saturated heterocycles. The number of ketones is 1. The van der Waals surface area contributed by atoms with Crippen molar-refractivity contribution in [3.63, 3.8) is 0 Å². The third kappa shape index (κ3) is 4.14. The highest BCUT2D eigenvalue weighted by Gasteiger charge is 2.21. The van der Waals surface area contributed by atoms with Crippen LogP contribution in [0.2, 0.25) is 0 Å². The lowest BCUT2D eigenvalue weighted by Crippen LogP contribution is -2.28. The second kappa shape index (κ2) is 7.84. The minimum atomic E-state index is -0.260. The average molecular weight is 378 g/mol. The van der Waals surface area contributed by atoms with E-state index in [1.54, 1.807) is 47.7 Å². The number of benzene rings is 2. The first-order valence-electron chi connectivity index (χ1n) is 8.82. The van der Waals surface area contributed by atoms with Crippen LogP contribution in [0.25, 0.3) is 0 Å². The normalized spacial score (nSPS) is 11.9. The van der Waals surface area contributed by atoms with Gasteiger partial charge in [0.05, 0.1) is 22.3 Å². The minimum absolute atomic E-state index is 0.154. The lowest BCUT2D eigenvalue weighted by Gasteiger charge is -2.15. The second-order valence-electron chi connectivity index (χ2n) is 6.62. The van der Waals surface area contributed by atoms with E-state index >= 15 is 0 Å². The van der Waals surface area contributed by atoms with E-state index in [1.165, 1.54) is 0 Å². The van der Waals surface area contributed by atoms with Crippen LogP contribution >= 0.6 is 11.3 Å². The zero-order valence-corrected chi connectivity index (χ0v) is 16.7. The van der Waals surface area contributed by atoms with Crippen LogP contribution in [-0.2, 0) is 0 Å². The number of aromatic nitrogens is 1. The summed E-state index contributed by atoms with van der Waals surface area (Å²) in [5.41, 5.74) is 3.37. The largest absolute Gasteiger partial charge is 0.345 e. The van der Waals surface area contributed by atoms with E-state index in [1.807, 2.05) is 39.8 Å². The van der Waals surface area contributed by atoms with Gasteiger partial charge in [-0.3, -0.25) is 9.59 Å². The number of nitrogens with zero attached hydrogens (tertiary/aromatic N) is 1. The van der Waals surface area contributed by atoms with Crippen molar-refractivity contribution in [2.75, 3.05) is 0 Å². The Hall–Kier alpha value is -2.79. The van der Waals surface area contributed by atoms with Crippen molar-refractivity contribution in [1.82, 2.24) is 10.3 Å². The predicted octanol–water partition coefficient (Wildman–Crippen LogP) is 4.79. The molecule has 0 radical (unpaired) electrons. The molecule has 5 heteroatoms. The molecule has 1 N–H and O–H groups in total. The average Bonchev–Trinajstić information content (AvgIpc) is 3.00. The second-order valence-corrected chi connectivity index (χ2v) is 7.85. The van der Waals surface area contributed by atoms with Crippen molar-refractivity contribution in [2.24, 2.45) is 0 Å². The molecular formula is C22H22N2O2S. The Morgan fingerprint density at radius 2 is 1.59 bits per heavy atom. The zero-order valence-electron chi connectivity index (χ0n) is 15.9. The van der Waals surface area contributed by atoms with Crippen molar-refractivity contribution in [3.8, 4) is 0 Å². The summed E-state index contributed by atoms with van der Waals surface area (Å²) in [5, 5.41) is 3.97. The molecule has 3 aromatic rings. The van der Waals surface area contributed by atoms with Crippen molar-refractivity contribution >= 4 is 23.0 Å². The fraction of sp³-hybridized carbons (Fsp3) is 0.227. The van der Waals surface area contributed by atoms with Crippen molar-refractivity contribution in [2.45, 2.75) is 33.7 Å². The van der Waals surface area contributed by atoms with Crippen LogP contribution < -0.4 is 5.32 Å². The van der Waals surface area contributed by atoms with Gasteiger partial charge in [-0.15, -0.1) is 11.3 Å². The first-order chi connectivity index (χ1) is 12.9. The van der Waals surface area contributed by atoms with Crippen LogP contribution in [0.1, 0.15) is 60.4 Å². The Kier molecular flexibility index (Phi) is 5.51. The molecular weight excluding hydrogens is 356 g/mol. The number of aryl methyl sites for hydroxylation is 3. The number of carbonyl (C=O) groups excluding carboxylic acids is 2. The number of carbonyl (C=O) groups is 2. The standard InChI is InChI=1S/C22H22N2O2S/c1-13-9-11-17(12-10-13)20(25)18-7-5-6-8-19(18)22(26)24-15(3)21-14(2)23-16(4)27-21/h5-12,15H,1-4H3,(H,24,26)/t15-/m1/s1. The van der Waals surface area contributed by atoms with Crippen LogP contribution in [0.3, 0.4) is 0 Å². The highest BCUT2D eigenvalue weighted by Crippen LogP contribution is 2.25. The Morgan fingerprint density at radius 3 is 2.19 bits per heavy atom. The van der Waals surface area contributed by atoms with Gasteiger partial charge in [0.15, 0.2) is 5.78 Å². The molecule has 1 atom stereocenters. The summed E-state index contributed by atoms with van der Waals surface area (Å²) in [5.74, 6) is -0.415. The fourth-order valence-electron chi connectivity index (χ4n) is 3.03. The van der Waals surface area contributed by atoms with Crippen LogP contribution in [0.5, 0.6) is 0 Å². The molecule has 0 aliphatic carbocycles. The quantitative estimate of drug-likeness (QED) is 0.649. The zero-order chi connectivity index (χ0) is 19.6. The van der Waals surface area contributed by atoms with Crippen LogP contribution in [0, 0.1) is 20.8 Å². The number of hydrogen-bond acceptors (Lipinski definition) is 4. The van der Waals surface area contributed by atoms with Crippen LogP contribution in [0.15, 0.2) is 48.5 Å². The van der Waals surface area contributed by atoms with Gasteiger partial charge in [0.2, 0.25) is 0 Å². The molecule has 1 heterocycles. The molecule has 2 aromatic carbocycles. The van der Waals surface area contributed by atoms with E-state index in [0.717, 1.165) is 21.1 Å². The molecule has 138 valence electrons. The van der Waals surface area contributed by atoms with E-state index in [2.05, 4.69) is 10.3 Å². The molecule has 0 unspecified atom stereocenters. The minimum Gasteiger partial charge on any atom is -0.345 e. The van der Waals surface area contributed by atoms with Crippen LogP contribution in [-0.4, -0.2) is 16.7 Å². The molecule has 0 spiro atoms. The van der Waals surface area contributed by atoms with Crippen LogP contribution in [0.4, 0.5) is 0 Å². The summed E-state index contributed by atoms with van der Waals surface area (Å²) in [7, 11) is 0. The van der Waals surface area contributed by atoms with Crippen molar-refractivity contribution < 1.29 is 9.59 Å². The number of rotatable bonds is 5. The summed E-state index contributed by atoms with van der Waals surface area (Å²) >= 11 is 1.58. The smallest absolute Gasteiger partial charge is 0.252 e. The van der Waals surface area contributed by atoms with Gasteiger partial charge in [0, 0.05) is 16.0 Å². The summed E-state index contributed by atoms with van der Waals surface area (Å²) < 4.78 is 0. The van der Waals surface area contributed by atoms with Crippen molar-refractivity contribution in [3.05, 3.63) is 86.4 Å². The first-order valence-corrected chi connectivity index (χ1v) is 9.63. The fourth-order valence-corrected chi connectivity index (χ4v) is 3.96. The van der Waals surface area contributed by atoms with Gasteiger partial charge in [-0.25, -0.2) is 4.98 Å². The van der Waals surface area contributed by atoms with Gasteiger partial charge in [-0.05, 0) is 33.8 Å². The van der Waals surface area contributed by atoms with Gasteiger partial charge in [0.1, 0.15) is 0 Å². The molecule has 3 rings (SSSR count). The molecule has 1 amide bonds. The molecule has 0 bridgehead atoms. The summed E-state index contributed by atoms with van der Waals surface area (Å²) in [6.07, 6.45) is 0. The van der Waals surface area contributed by atoms with Crippen molar-refractivity contribution in [1.29, 1.82) is 0 Å². The van der Waals surface area contributed by atoms with E-state index in [-0.39, 0.29) is 17.7 Å². The summed E-state index contributed by atoms with van der Waals surface area (Å²) in [4.78, 5) is 31.2. The molecule has 1 aromatic heterocycles. The number of hydrogen-bond donors (Lipinski definition) is 1. The molecule has 0 aliphatic rings. The summed E-state index contributed by atoms with van der Waals surface area (Å²) in [6.45, 7) is 7.80. The highest BCUT2D eigenvalue weighted by atomic mass is 32.1. The third-order valence-corrected chi connectivity index (χ3v) is 5.67. The highest BCUT2D eigenvalue weighted by molar-refractivity contribution is 7.11.